The predicted octanol–water partition coefficient (Wildman–Crippen LogP) is 8.31. The van der Waals surface area contributed by atoms with E-state index in [-0.39, 0.29) is 5.57 Å². The van der Waals surface area contributed by atoms with Gasteiger partial charge in [0.1, 0.15) is 36.4 Å². The molecule has 0 radical (unpaired) electrons. The molecule has 0 saturated heterocycles. The molecule has 1 N–H and O–H groups in total. The number of ether oxygens (including phenoxy) is 2. The number of benzene rings is 5. The van der Waals surface area contributed by atoms with Gasteiger partial charge in [0, 0.05) is 10.2 Å². The third-order valence-electron chi connectivity index (χ3n) is 6.26. The van der Waals surface area contributed by atoms with Crippen LogP contribution in [0.2, 0.25) is 0 Å². The predicted molar refractivity (Wildman–Crippen MR) is 162 cm³/mol. The molecule has 5 aromatic rings. The number of hydrogen-bond acceptors (Lipinski definition) is 4. The first kappa shape index (κ1) is 26.7. The first-order valence-corrected chi connectivity index (χ1v) is 13.5. The lowest BCUT2D eigenvalue weighted by Crippen LogP contribution is -2.13. The van der Waals surface area contributed by atoms with Gasteiger partial charge in [0.2, 0.25) is 0 Å². The first-order valence-electron chi connectivity index (χ1n) is 12.7. The van der Waals surface area contributed by atoms with E-state index in [0.717, 1.165) is 26.5 Å². The fourth-order valence-electron chi connectivity index (χ4n) is 4.14. The number of fused-ring (bicyclic) bond motifs is 1. The van der Waals surface area contributed by atoms with Crippen LogP contribution in [0.25, 0.3) is 16.8 Å². The molecule has 0 aromatic heterocycles. The standard InChI is InChI=1S/C34H25BrN2O3/c35-29-12-8-25(9-13-29)22-39-32-18-14-30(15-19-32)37-34(38)28(21-36)20-24-10-16-31(17-11-24)40-23-27-6-3-5-26-4-1-2-7-33(26)27/h1-20H,22-23H2,(H,37,38)/b28-20+. The molecule has 0 bridgehead atoms. The van der Waals surface area contributed by atoms with Gasteiger partial charge in [-0.25, -0.2) is 0 Å². The molecule has 6 heteroatoms. The van der Waals surface area contributed by atoms with Crippen molar-refractivity contribution in [3.05, 3.63) is 142 Å². The average molecular weight is 589 g/mol. The zero-order valence-corrected chi connectivity index (χ0v) is 23.1. The number of anilines is 1. The van der Waals surface area contributed by atoms with Crippen molar-refractivity contribution >= 4 is 44.4 Å². The quantitative estimate of drug-likeness (QED) is 0.139. The Bertz CT molecular complexity index is 1680. The second-order valence-corrected chi connectivity index (χ2v) is 9.98. The number of nitriles is 1. The number of carbonyl (C=O) groups is 1. The topological polar surface area (TPSA) is 71.3 Å². The van der Waals surface area contributed by atoms with E-state index in [0.29, 0.717) is 30.4 Å². The SMILES string of the molecule is N#C/C(=C\c1ccc(OCc2cccc3ccccc23)cc1)C(=O)Nc1ccc(OCc2ccc(Br)cc2)cc1. The summed E-state index contributed by atoms with van der Waals surface area (Å²) in [7, 11) is 0. The number of nitrogens with zero attached hydrogens (tertiary/aromatic N) is 1. The van der Waals surface area contributed by atoms with Gasteiger partial charge >= 0.3 is 0 Å². The Labute approximate surface area is 241 Å². The summed E-state index contributed by atoms with van der Waals surface area (Å²) in [5, 5.41) is 14.7. The van der Waals surface area contributed by atoms with Gasteiger partial charge in [0.15, 0.2) is 0 Å². The molecule has 5 nitrogen and oxygen atoms in total. The summed E-state index contributed by atoms with van der Waals surface area (Å²) in [4.78, 5) is 12.7. The van der Waals surface area contributed by atoms with Crippen molar-refractivity contribution in [1.82, 2.24) is 0 Å². The molecule has 5 rings (SSSR count). The van der Waals surface area contributed by atoms with Crippen LogP contribution in [0.4, 0.5) is 5.69 Å². The minimum atomic E-state index is -0.484. The fourth-order valence-corrected chi connectivity index (χ4v) is 4.40. The molecule has 0 aliphatic carbocycles. The van der Waals surface area contributed by atoms with E-state index < -0.39 is 5.91 Å². The molecule has 0 aliphatic heterocycles. The van der Waals surface area contributed by atoms with Gasteiger partial charge < -0.3 is 14.8 Å². The maximum absolute atomic E-state index is 12.7. The van der Waals surface area contributed by atoms with E-state index >= 15 is 0 Å². The number of nitrogens with one attached hydrogen (secondary N) is 1. The average Bonchev–Trinajstić information content (AvgIpc) is 2.99. The van der Waals surface area contributed by atoms with E-state index in [2.05, 4.69) is 45.5 Å². The van der Waals surface area contributed by atoms with Crippen molar-refractivity contribution in [2.45, 2.75) is 13.2 Å². The largest absolute Gasteiger partial charge is 0.489 e. The van der Waals surface area contributed by atoms with Crippen molar-refractivity contribution in [1.29, 1.82) is 5.26 Å². The smallest absolute Gasteiger partial charge is 0.266 e. The number of halogens is 1. The lowest BCUT2D eigenvalue weighted by Gasteiger charge is -2.10. The van der Waals surface area contributed by atoms with Crippen LogP contribution in [0.3, 0.4) is 0 Å². The number of amides is 1. The molecule has 0 saturated carbocycles. The lowest BCUT2D eigenvalue weighted by atomic mass is 10.1. The molecule has 0 unspecified atom stereocenters. The first-order chi connectivity index (χ1) is 19.6. The summed E-state index contributed by atoms with van der Waals surface area (Å²) in [5.41, 5.74) is 3.45. The van der Waals surface area contributed by atoms with Gasteiger partial charge in [0.05, 0.1) is 0 Å². The highest BCUT2D eigenvalue weighted by molar-refractivity contribution is 9.10. The van der Waals surface area contributed by atoms with Crippen LogP contribution in [0, 0.1) is 11.3 Å². The zero-order valence-electron chi connectivity index (χ0n) is 21.5. The number of rotatable bonds is 9. The second-order valence-electron chi connectivity index (χ2n) is 9.06. The summed E-state index contributed by atoms with van der Waals surface area (Å²) in [6.45, 7) is 0.879. The summed E-state index contributed by atoms with van der Waals surface area (Å²) >= 11 is 3.42. The molecule has 0 aliphatic rings. The van der Waals surface area contributed by atoms with Crippen molar-refractivity contribution in [2.75, 3.05) is 5.32 Å². The molecule has 40 heavy (non-hydrogen) atoms. The van der Waals surface area contributed by atoms with Crippen LogP contribution >= 0.6 is 15.9 Å². The van der Waals surface area contributed by atoms with E-state index in [1.54, 1.807) is 30.3 Å². The Balaban J connectivity index is 1.16. The van der Waals surface area contributed by atoms with Crippen LogP contribution in [0.1, 0.15) is 16.7 Å². The molecular formula is C34H25BrN2O3. The highest BCUT2D eigenvalue weighted by Crippen LogP contribution is 2.22. The van der Waals surface area contributed by atoms with Gasteiger partial charge in [-0.05, 0) is 82.1 Å². The summed E-state index contributed by atoms with van der Waals surface area (Å²) < 4.78 is 12.8. The lowest BCUT2D eigenvalue weighted by molar-refractivity contribution is -0.112. The van der Waals surface area contributed by atoms with Gasteiger partial charge in [-0.3, -0.25) is 4.79 Å². The number of hydrogen-bond donors (Lipinski definition) is 1. The van der Waals surface area contributed by atoms with Gasteiger partial charge in [0.25, 0.3) is 5.91 Å². The van der Waals surface area contributed by atoms with E-state index in [1.807, 2.05) is 72.8 Å². The molecule has 0 fully saturated rings. The van der Waals surface area contributed by atoms with Crippen LogP contribution in [0.15, 0.2) is 125 Å². The van der Waals surface area contributed by atoms with Gasteiger partial charge in [-0.15, -0.1) is 0 Å². The zero-order chi connectivity index (χ0) is 27.7. The summed E-state index contributed by atoms with van der Waals surface area (Å²) in [5.74, 6) is 0.900. The van der Waals surface area contributed by atoms with Crippen molar-refractivity contribution in [2.24, 2.45) is 0 Å². The summed E-state index contributed by atoms with van der Waals surface area (Å²) in [6, 6.07) is 38.6. The third-order valence-corrected chi connectivity index (χ3v) is 6.79. The molecule has 0 atom stereocenters. The van der Waals surface area contributed by atoms with Crippen molar-refractivity contribution in [3.8, 4) is 17.6 Å². The van der Waals surface area contributed by atoms with E-state index in [4.69, 9.17) is 9.47 Å². The third kappa shape index (κ3) is 6.96. The Hall–Kier alpha value is -4.86. The van der Waals surface area contributed by atoms with Crippen LogP contribution in [-0.4, -0.2) is 5.91 Å². The van der Waals surface area contributed by atoms with E-state index in [1.165, 1.54) is 5.39 Å². The Morgan fingerprint density at radius 2 is 1.43 bits per heavy atom. The van der Waals surface area contributed by atoms with Crippen LogP contribution in [-0.2, 0) is 18.0 Å². The summed E-state index contributed by atoms with van der Waals surface area (Å²) in [6.07, 6.45) is 1.56. The molecule has 1 amide bonds. The van der Waals surface area contributed by atoms with E-state index in [9.17, 15) is 10.1 Å². The Morgan fingerprint density at radius 3 is 2.15 bits per heavy atom. The molecule has 0 spiro atoms. The maximum Gasteiger partial charge on any atom is 0.266 e. The van der Waals surface area contributed by atoms with Crippen molar-refractivity contribution < 1.29 is 14.3 Å². The van der Waals surface area contributed by atoms with Gasteiger partial charge in [-0.1, -0.05) is 82.7 Å². The minimum absolute atomic E-state index is 0.0000105. The van der Waals surface area contributed by atoms with Crippen molar-refractivity contribution in [3.63, 3.8) is 0 Å². The normalized spacial score (nSPS) is 11.1. The number of carbonyl (C=O) groups excluding carboxylic acids is 1. The van der Waals surface area contributed by atoms with Crippen LogP contribution < -0.4 is 14.8 Å². The molecule has 5 aromatic carbocycles. The highest BCUT2D eigenvalue weighted by atomic mass is 79.9. The fraction of sp³-hybridized carbons (Fsp3) is 0.0588. The molecule has 0 heterocycles. The molecule has 196 valence electrons. The monoisotopic (exact) mass is 588 g/mol. The minimum Gasteiger partial charge on any atom is -0.489 e. The maximum atomic E-state index is 12.7. The van der Waals surface area contributed by atoms with Gasteiger partial charge in [-0.2, -0.15) is 5.26 Å². The van der Waals surface area contributed by atoms with Crippen LogP contribution in [0.5, 0.6) is 11.5 Å². The molecular weight excluding hydrogens is 564 g/mol. The Morgan fingerprint density at radius 1 is 0.775 bits per heavy atom. The highest BCUT2D eigenvalue weighted by Gasteiger charge is 2.10. The second kappa shape index (κ2) is 12.8. The Kier molecular flexibility index (Phi) is 8.55.